The smallest absolute Gasteiger partial charge is 0.241 e. The van der Waals surface area contributed by atoms with E-state index >= 15 is 0 Å². The van der Waals surface area contributed by atoms with Crippen LogP contribution in [0.4, 0.5) is 4.39 Å². The van der Waals surface area contributed by atoms with Crippen LogP contribution in [0.15, 0.2) is 29.3 Å². The highest BCUT2D eigenvalue weighted by molar-refractivity contribution is 14.0. The maximum atomic E-state index is 12.9. The number of hydrogen-bond donors (Lipinski definition) is 2. The van der Waals surface area contributed by atoms with E-state index < -0.39 is 0 Å². The molecule has 22 heavy (non-hydrogen) atoms. The molecule has 0 unspecified atom stereocenters. The van der Waals surface area contributed by atoms with Gasteiger partial charge in [-0.2, -0.15) is 0 Å². The molecule has 1 aromatic carbocycles. The Balaban J connectivity index is 0.00000441. The van der Waals surface area contributed by atoms with E-state index in [2.05, 4.69) is 15.6 Å². The van der Waals surface area contributed by atoms with E-state index in [0.29, 0.717) is 25.6 Å². The summed E-state index contributed by atoms with van der Waals surface area (Å²) < 4.78 is 12.9. The van der Waals surface area contributed by atoms with Crippen molar-refractivity contribution < 1.29 is 9.18 Å². The fraction of sp³-hybridized carbons (Fsp3) is 0.467. The van der Waals surface area contributed by atoms with E-state index in [4.69, 9.17) is 0 Å². The number of halogens is 2. The van der Waals surface area contributed by atoms with Crippen molar-refractivity contribution in [1.29, 1.82) is 0 Å². The van der Waals surface area contributed by atoms with E-state index in [1.165, 1.54) is 12.1 Å². The number of amides is 1. The van der Waals surface area contributed by atoms with E-state index in [1.807, 2.05) is 25.8 Å². The minimum Gasteiger partial charge on any atom is -0.357 e. The lowest BCUT2D eigenvalue weighted by Gasteiger charge is -2.22. The lowest BCUT2D eigenvalue weighted by Crippen LogP contribution is -2.39. The summed E-state index contributed by atoms with van der Waals surface area (Å²) in [6.07, 6.45) is 0. The second-order valence-electron chi connectivity index (χ2n) is 4.61. The number of nitrogens with one attached hydrogen (secondary N) is 2. The molecule has 0 spiro atoms. The van der Waals surface area contributed by atoms with Crippen molar-refractivity contribution in [3.8, 4) is 0 Å². The third kappa shape index (κ3) is 7.58. The number of aliphatic imine (C=N–C) groups is 1. The van der Waals surface area contributed by atoms with Gasteiger partial charge >= 0.3 is 0 Å². The molecule has 0 aliphatic heterocycles. The Hall–Kier alpha value is -1.38. The Morgan fingerprint density at radius 2 is 1.77 bits per heavy atom. The molecule has 0 bridgehead atoms. The van der Waals surface area contributed by atoms with Gasteiger partial charge in [-0.15, -0.1) is 24.0 Å². The van der Waals surface area contributed by atoms with Crippen molar-refractivity contribution in [2.75, 3.05) is 26.7 Å². The highest BCUT2D eigenvalue weighted by atomic mass is 127. The maximum Gasteiger partial charge on any atom is 0.241 e. The van der Waals surface area contributed by atoms with E-state index in [9.17, 15) is 9.18 Å². The van der Waals surface area contributed by atoms with Crippen LogP contribution in [0.2, 0.25) is 0 Å². The second-order valence-corrected chi connectivity index (χ2v) is 4.61. The summed E-state index contributed by atoms with van der Waals surface area (Å²) in [5.74, 6) is 0.286. The van der Waals surface area contributed by atoms with Crippen LogP contribution in [-0.2, 0) is 11.3 Å². The van der Waals surface area contributed by atoms with Crippen molar-refractivity contribution in [2.24, 2.45) is 4.99 Å². The number of guanidine groups is 1. The monoisotopic (exact) mass is 422 g/mol. The number of carbonyl (C=O) groups excluding carboxylic acids is 1. The number of hydrogen-bond acceptors (Lipinski definition) is 2. The van der Waals surface area contributed by atoms with Gasteiger partial charge in [-0.25, -0.2) is 9.38 Å². The van der Waals surface area contributed by atoms with Crippen molar-refractivity contribution >= 4 is 35.8 Å². The minimum atomic E-state index is -0.252. The molecular weight excluding hydrogens is 398 g/mol. The molecule has 0 aromatic heterocycles. The van der Waals surface area contributed by atoms with Gasteiger partial charge in [0.25, 0.3) is 0 Å². The molecule has 0 saturated heterocycles. The molecule has 0 heterocycles. The summed E-state index contributed by atoms with van der Waals surface area (Å²) in [5, 5.41) is 5.84. The van der Waals surface area contributed by atoms with Gasteiger partial charge in [-0.05, 0) is 31.5 Å². The third-order valence-corrected chi connectivity index (χ3v) is 2.78. The highest BCUT2D eigenvalue weighted by Gasteiger charge is 2.07. The number of nitrogens with zero attached hydrogens (tertiary/aromatic N) is 2. The lowest BCUT2D eigenvalue weighted by atomic mass is 10.2. The van der Waals surface area contributed by atoms with Crippen LogP contribution in [0.5, 0.6) is 0 Å². The van der Waals surface area contributed by atoms with Gasteiger partial charge in [-0.1, -0.05) is 12.1 Å². The minimum absolute atomic E-state index is 0. The first-order chi connectivity index (χ1) is 10.1. The summed E-state index contributed by atoms with van der Waals surface area (Å²) in [6, 6.07) is 6.34. The SMILES string of the molecule is CCNC(=O)CN=C(NCC)N(C)Cc1ccc(F)cc1.I. The molecule has 0 atom stereocenters. The summed E-state index contributed by atoms with van der Waals surface area (Å²) in [5.41, 5.74) is 0.975. The van der Waals surface area contributed by atoms with Crippen LogP contribution in [-0.4, -0.2) is 43.4 Å². The molecule has 1 aromatic rings. The van der Waals surface area contributed by atoms with Crippen LogP contribution in [0.3, 0.4) is 0 Å². The van der Waals surface area contributed by atoms with Gasteiger partial charge in [-0.3, -0.25) is 4.79 Å². The molecule has 0 saturated carbocycles. The molecule has 0 fully saturated rings. The largest absolute Gasteiger partial charge is 0.357 e. The van der Waals surface area contributed by atoms with Crippen LogP contribution in [0, 0.1) is 5.82 Å². The van der Waals surface area contributed by atoms with Crippen molar-refractivity contribution in [3.63, 3.8) is 0 Å². The van der Waals surface area contributed by atoms with Gasteiger partial charge in [0.1, 0.15) is 12.4 Å². The number of rotatable bonds is 6. The molecule has 7 heteroatoms. The predicted octanol–water partition coefficient (Wildman–Crippen LogP) is 1.98. The Kier molecular flexibility index (Phi) is 10.5. The van der Waals surface area contributed by atoms with Crippen molar-refractivity contribution in [2.45, 2.75) is 20.4 Å². The van der Waals surface area contributed by atoms with Gasteiger partial charge in [0.15, 0.2) is 5.96 Å². The first-order valence-electron chi connectivity index (χ1n) is 7.07. The van der Waals surface area contributed by atoms with Crippen LogP contribution in [0.1, 0.15) is 19.4 Å². The number of carbonyl (C=O) groups is 1. The average Bonchev–Trinajstić information content (AvgIpc) is 2.46. The highest BCUT2D eigenvalue weighted by Crippen LogP contribution is 2.05. The molecule has 5 nitrogen and oxygen atoms in total. The van der Waals surface area contributed by atoms with Crippen LogP contribution < -0.4 is 10.6 Å². The molecular formula is C15H24FIN4O. The molecule has 0 aliphatic carbocycles. The summed E-state index contributed by atoms with van der Waals surface area (Å²) in [6.45, 7) is 5.81. The van der Waals surface area contributed by atoms with Gasteiger partial charge < -0.3 is 15.5 Å². The quantitative estimate of drug-likeness (QED) is 0.419. The molecule has 1 rings (SSSR count). The lowest BCUT2D eigenvalue weighted by molar-refractivity contribution is -0.119. The van der Waals surface area contributed by atoms with Crippen molar-refractivity contribution in [1.82, 2.24) is 15.5 Å². The van der Waals surface area contributed by atoms with Crippen molar-refractivity contribution in [3.05, 3.63) is 35.6 Å². The molecule has 2 N–H and O–H groups in total. The molecule has 1 amide bonds. The summed E-state index contributed by atoms with van der Waals surface area (Å²) in [7, 11) is 1.88. The van der Waals surface area contributed by atoms with E-state index in [1.54, 1.807) is 12.1 Å². The maximum absolute atomic E-state index is 12.9. The number of benzene rings is 1. The Morgan fingerprint density at radius 1 is 1.18 bits per heavy atom. The Bertz CT molecular complexity index is 479. The summed E-state index contributed by atoms with van der Waals surface area (Å²) in [4.78, 5) is 17.7. The van der Waals surface area contributed by atoms with Crippen LogP contribution in [0.25, 0.3) is 0 Å². The molecule has 0 aliphatic rings. The topological polar surface area (TPSA) is 56.7 Å². The third-order valence-electron chi connectivity index (χ3n) is 2.78. The normalized spacial score (nSPS) is 10.6. The van der Waals surface area contributed by atoms with Gasteiger partial charge in [0.2, 0.25) is 5.91 Å². The van der Waals surface area contributed by atoms with E-state index in [-0.39, 0.29) is 42.2 Å². The molecule has 124 valence electrons. The standard InChI is InChI=1S/C15H23FN4O.HI/c1-4-17-14(21)10-19-15(18-5-2)20(3)11-12-6-8-13(16)9-7-12;/h6-9H,4-5,10-11H2,1-3H3,(H,17,21)(H,18,19);1H. The van der Waals surface area contributed by atoms with Crippen LogP contribution >= 0.6 is 24.0 Å². The van der Waals surface area contributed by atoms with Gasteiger partial charge in [0, 0.05) is 26.7 Å². The second kappa shape index (κ2) is 11.2. The fourth-order valence-electron chi connectivity index (χ4n) is 1.81. The first-order valence-corrected chi connectivity index (χ1v) is 7.07. The predicted molar refractivity (Wildman–Crippen MR) is 97.9 cm³/mol. The Morgan fingerprint density at radius 3 is 2.32 bits per heavy atom. The first kappa shape index (κ1) is 20.6. The summed E-state index contributed by atoms with van der Waals surface area (Å²) >= 11 is 0. The van der Waals surface area contributed by atoms with Gasteiger partial charge in [0.05, 0.1) is 0 Å². The zero-order valence-corrected chi connectivity index (χ0v) is 15.6. The zero-order chi connectivity index (χ0) is 15.7. The van der Waals surface area contributed by atoms with E-state index in [0.717, 1.165) is 5.56 Å². The number of likely N-dealkylation sites (N-methyl/N-ethyl adjacent to an activating group) is 1. The molecule has 0 radical (unpaired) electrons. The zero-order valence-electron chi connectivity index (χ0n) is 13.2. The fourth-order valence-corrected chi connectivity index (χ4v) is 1.81. The Labute approximate surface area is 148 Å². The average molecular weight is 422 g/mol.